The van der Waals surface area contributed by atoms with Crippen molar-refractivity contribution in [2.24, 2.45) is 0 Å². The number of ether oxygens (including phenoxy) is 1. The molecule has 1 N–H and O–H groups in total. The summed E-state index contributed by atoms with van der Waals surface area (Å²) in [4.78, 5) is 49.3. The Balaban J connectivity index is 1.78. The molecule has 5 rings (SSSR count). The minimum Gasteiger partial charge on any atom is -0.505 e. The van der Waals surface area contributed by atoms with Crippen LogP contribution in [0.3, 0.4) is 0 Å². The Morgan fingerprint density at radius 1 is 1.08 bits per heavy atom. The van der Waals surface area contributed by atoms with Gasteiger partial charge in [0.25, 0.3) is 5.78 Å². The number of ketones is 1. The number of aryl methyl sites for hydroxylation is 2. The van der Waals surface area contributed by atoms with Crippen LogP contribution in [0.5, 0.6) is 0 Å². The van der Waals surface area contributed by atoms with E-state index in [9.17, 15) is 19.5 Å². The number of fused-ring (bicyclic) bond motifs is 1. The van der Waals surface area contributed by atoms with Crippen molar-refractivity contribution in [2.75, 3.05) is 12.0 Å². The summed E-state index contributed by atoms with van der Waals surface area (Å²) >= 11 is 13.3. The summed E-state index contributed by atoms with van der Waals surface area (Å²) in [6.07, 6.45) is 1.70. The molecule has 1 fully saturated rings. The number of imidazole rings is 1. The molecule has 0 spiro atoms. The lowest BCUT2D eigenvalue weighted by Gasteiger charge is -2.23. The molecule has 0 bridgehead atoms. The van der Waals surface area contributed by atoms with Crippen molar-refractivity contribution in [3.63, 3.8) is 0 Å². The van der Waals surface area contributed by atoms with Crippen LogP contribution in [0.4, 0.5) is 5.13 Å². The first-order chi connectivity index (χ1) is 17.6. The highest BCUT2D eigenvalue weighted by Crippen LogP contribution is 2.45. The van der Waals surface area contributed by atoms with Crippen molar-refractivity contribution < 1.29 is 24.2 Å². The lowest BCUT2D eigenvalue weighted by molar-refractivity contribution is -0.132. The van der Waals surface area contributed by atoms with Crippen LogP contribution in [0.25, 0.3) is 11.4 Å². The van der Waals surface area contributed by atoms with Gasteiger partial charge in [-0.25, -0.2) is 14.8 Å². The second-order valence-corrected chi connectivity index (χ2v) is 10.0. The number of carbonyl (C=O) groups is 3. The Kier molecular flexibility index (Phi) is 6.26. The zero-order valence-electron chi connectivity index (χ0n) is 19.7. The quantitative estimate of drug-likeness (QED) is 0.160. The predicted octanol–water partition coefficient (Wildman–Crippen LogP) is 5.13. The maximum Gasteiger partial charge on any atom is 0.350 e. The number of pyridine rings is 1. The number of nitrogens with zero attached hydrogens (tertiary/aromatic N) is 4. The van der Waals surface area contributed by atoms with Gasteiger partial charge in [-0.05, 0) is 43.7 Å². The molecule has 4 heterocycles. The molecule has 37 heavy (non-hydrogen) atoms. The highest BCUT2D eigenvalue weighted by atomic mass is 35.5. The Bertz CT molecular complexity index is 1660. The number of hydrogen-bond donors (Lipinski definition) is 1. The van der Waals surface area contributed by atoms with Crippen LogP contribution in [0, 0.1) is 13.8 Å². The number of thiazole rings is 1. The number of anilines is 1. The molecule has 1 aliphatic heterocycles. The van der Waals surface area contributed by atoms with Crippen LogP contribution in [0.2, 0.25) is 10.0 Å². The molecular weight excluding hydrogens is 539 g/mol. The van der Waals surface area contributed by atoms with Crippen LogP contribution in [0.1, 0.15) is 38.4 Å². The predicted molar refractivity (Wildman–Crippen MR) is 139 cm³/mol. The molecule has 0 aliphatic carbocycles. The van der Waals surface area contributed by atoms with Crippen molar-refractivity contribution in [2.45, 2.75) is 19.9 Å². The average Bonchev–Trinajstić information content (AvgIpc) is 3.50. The van der Waals surface area contributed by atoms with Gasteiger partial charge in [-0.1, -0.05) is 46.7 Å². The van der Waals surface area contributed by atoms with Gasteiger partial charge in [0.15, 0.2) is 10.9 Å². The Hall–Kier alpha value is -3.73. The normalized spacial score (nSPS) is 17.1. The van der Waals surface area contributed by atoms with Crippen molar-refractivity contribution in [3.8, 4) is 0 Å². The van der Waals surface area contributed by atoms with Gasteiger partial charge in [-0.2, -0.15) is 0 Å². The number of esters is 1. The first-order valence-corrected chi connectivity index (χ1v) is 12.5. The van der Waals surface area contributed by atoms with Gasteiger partial charge in [0, 0.05) is 6.20 Å². The second-order valence-electron chi connectivity index (χ2n) is 8.22. The summed E-state index contributed by atoms with van der Waals surface area (Å²) in [5.41, 5.74) is 1.85. The van der Waals surface area contributed by atoms with E-state index < -0.39 is 29.5 Å². The summed E-state index contributed by atoms with van der Waals surface area (Å²) < 4.78 is 6.45. The fourth-order valence-electron chi connectivity index (χ4n) is 4.32. The molecule has 0 saturated carbocycles. The molecule has 1 aromatic carbocycles. The maximum atomic E-state index is 13.5. The number of aromatic nitrogens is 3. The number of methoxy groups -OCH3 is 1. The van der Waals surface area contributed by atoms with E-state index in [1.807, 2.05) is 0 Å². The summed E-state index contributed by atoms with van der Waals surface area (Å²) in [6, 6.07) is 8.85. The third-order valence-electron chi connectivity index (χ3n) is 5.99. The first kappa shape index (κ1) is 24.9. The van der Waals surface area contributed by atoms with Gasteiger partial charge in [-0.3, -0.25) is 18.9 Å². The number of halogens is 2. The second kappa shape index (κ2) is 9.29. The van der Waals surface area contributed by atoms with Crippen molar-refractivity contribution >= 4 is 68.7 Å². The van der Waals surface area contributed by atoms with Gasteiger partial charge < -0.3 is 9.84 Å². The van der Waals surface area contributed by atoms with E-state index in [0.29, 0.717) is 22.6 Å². The number of rotatable bonds is 4. The van der Waals surface area contributed by atoms with Gasteiger partial charge in [0.1, 0.15) is 16.2 Å². The van der Waals surface area contributed by atoms with Crippen LogP contribution >= 0.6 is 34.5 Å². The number of hydrogen-bond acceptors (Lipinski definition) is 8. The average molecular weight is 557 g/mol. The van der Waals surface area contributed by atoms with Crippen molar-refractivity contribution in [1.29, 1.82) is 0 Å². The molecule has 0 radical (unpaired) electrons. The van der Waals surface area contributed by atoms with Gasteiger partial charge in [0.05, 0.1) is 40.2 Å². The molecule has 1 atom stereocenters. The summed E-state index contributed by atoms with van der Waals surface area (Å²) in [5.74, 6) is -2.87. The summed E-state index contributed by atoms with van der Waals surface area (Å²) in [6.45, 7) is 3.29. The number of benzene rings is 1. The minimum atomic E-state index is -1.11. The minimum absolute atomic E-state index is 0.0880. The molecule has 1 saturated heterocycles. The van der Waals surface area contributed by atoms with Gasteiger partial charge >= 0.3 is 11.9 Å². The highest BCUT2D eigenvalue weighted by Gasteiger charge is 2.49. The maximum absolute atomic E-state index is 13.5. The van der Waals surface area contributed by atoms with E-state index in [0.717, 1.165) is 16.2 Å². The van der Waals surface area contributed by atoms with Crippen molar-refractivity contribution in [1.82, 2.24) is 14.4 Å². The molecule has 3 aromatic heterocycles. The Labute approximate surface area is 224 Å². The van der Waals surface area contributed by atoms with E-state index in [4.69, 9.17) is 27.9 Å². The monoisotopic (exact) mass is 556 g/mol. The largest absolute Gasteiger partial charge is 0.505 e. The van der Waals surface area contributed by atoms with Gasteiger partial charge in [0.2, 0.25) is 0 Å². The molecule has 4 aromatic rings. The number of aliphatic hydroxyl groups excluding tert-OH is 1. The molecule has 1 aliphatic rings. The van der Waals surface area contributed by atoms with Crippen LogP contribution in [-0.4, -0.2) is 44.2 Å². The van der Waals surface area contributed by atoms with E-state index >= 15 is 0 Å². The van der Waals surface area contributed by atoms with Crippen molar-refractivity contribution in [3.05, 3.63) is 85.7 Å². The molecule has 1 amide bonds. The van der Waals surface area contributed by atoms with Crippen LogP contribution < -0.4 is 4.90 Å². The zero-order chi connectivity index (χ0) is 26.6. The standard InChI is InChI=1S/C25H18Cl2N4O5S/c1-11-18(30-9-5-4-6-16(30)28-11)20(32)17-19(13-7-8-14(26)15(27)10-13)31(23(34)21(17)33)25-29-12(2)22(37-25)24(35)36-3/h4-10,19,32H,1-3H3/b20-17+. The van der Waals surface area contributed by atoms with E-state index in [-0.39, 0.29) is 31.3 Å². The number of aliphatic hydroxyl groups is 1. The van der Waals surface area contributed by atoms with Crippen LogP contribution in [0.15, 0.2) is 48.2 Å². The number of Topliss-reactive ketones (excluding diaryl/α,β-unsaturated/α-hetero) is 1. The number of amides is 1. The topological polar surface area (TPSA) is 114 Å². The number of carbonyl (C=O) groups excluding carboxylic acids is 3. The lowest BCUT2D eigenvalue weighted by Crippen LogP contribution is -2.29. The molecular formula is C25H18Cl2N4O5S. The molecule has 1 unspecified atom stereocenters. The van der Waals surface area contributed by atoms with E-state index in [1.165, 1.54) is 19.2 Å². The SMILES string of the molecule is COC(=O)c1sc(N2C(=O)C(=O)/C(=C(/O)c3c(C)nc4ccccn34)C2c2ccc(Cl)c(Cl)c2)nc1C. The van der Waals surface area contributed by atoms with Gasteiger partial charge in [-0.15, -0.1) is 0 Å². The highest BCUT2D eigenvalue weighted by molar-refractivity contribution is 7.17. The van der Waals surface area contributed by atoms with E-state index in [2.05, 4.69) is 9.97 Å². The van der Waals surface area contributed by atoms with E-state index in [1.54, 1.807) is 48.7 Å². The molecule has 188 valence electrons. The lowest BCUT2D eigenvalue weighted by atomic mass is 9.96. The Morgan fingerprint density at radius 3 is 2.54 bits per heavy atom. The first-order valence-electron chi connectivity index (χ1n) is 10.9. The Morgan fingerprint density at radius 2 is 1.84 bits per heavy atom. The zero-order valence-corrected chi connectivity index (χ0v) is 22.0. The summed E-state index contributed by atoms with van der Waals surface area (Å²) in [7, 11) is 1.24. The summed E-state index contributed by atoms with van der Waals surface area (Å²) in [5, 5.41) is 12.1. The fraction of sp³-hybridized carbons (Fsp3) is 0.160. The van der Waals surface area contributed by atoms with Crippen LogP contribution in [-0.2, 0) is 14.3 Å². The smallest absolute Gasteiger partial charge is 0.350 e. The third kappa shape index (κ3) is 3.97. The fourth-order valence-corrected chi connectivity index (χ4v) is 5.64. The molecule has 9 nitrogen and oxygen atoms in total. The molecule has 12 heteroatoms. The third-order valence-corrected chi connectivity index (χ3v) is 7.87.